The van der Waals surface area contributed by atoms with Crippen LogP contribution < -0.4 is 5.32 Å². The fourth-order valence-electron chi connectivity index (χ4n) is 5.15. The highest BCUT2D eigenvalue weighted by molar-refractivity contribution is 5.90. The Labute approximate surface area is 216 Å². The van der Waals surface area contributed by atoms with Crippen molar-refractivity contribution in [3.8, 4) is 11.5 Å². The summed E-state index contributed by atoms with van der Waals surface area (Å²) in [6.07, 6.45) is 2.06. The molecule has 5 aromatic rings. The lowest BCUT2D eigenvalue weighted by Crippen LogP contribution is -2.38. The molecule has 0 spiro atoms. The van der Waals surface area contributed by atoms with Gasteiger partial charge >= 0.3 is 6.03 Å². The minimum Gasteiger partial charge on any atom is -0.308 e. The van der Waals surface area contributed by atoms with Crippen molar-refractivity contribution < 1.29 is 4.79 Å². The molecule has 1 aliphatic heterocycles. The molecular formula is C31H29N5O. The van der Waals surface area contributed by atoms with Crippen molar-refractivity contribution in [2.24, 2.45) is 0 Å². The topological polar surface area (TPSA) is 55.1 Å². The van der Waals surface area contributed by atoms with Gasteiger partial charge in [-0.05, 0) is 73.9 Å². The van der Waals surface area contributed by atoms with E-state index >= 15 is 0 Å². The van der Waals surface area contributed by atoms with Crippen LogP contribution in [-0.4, -0.2) is 25.3 Å². The summed E-state index contributed by atoms with van der Waals surface area (Å²) in [5.41, 5.74) is 8.10. The molecule has 2 amide bonds. The maximum atomic E-state index is 14.0. The molecule has 0 bridgehead atoms. The molecule has 2 aromatic heterocycles. The largest absolute Gasteiger partial charge is 0.322 e. The van der Waals surface area contributed by atoms with Gasteiger partial charge in [-0.25, -0.2) is 9.48 Å². The molecular weight excluding hydrogens is 458 g/mol. The van der Waals surface area contributed by atoms with Crippen molar-refractivity contribution in [1.82, 2.24) is 19.2 Å². The van der Waals surface area contributed by atoms with E-state index in [1.807, 2.05) is 77.2 Å². The van der Waals surface area contributed by atoms with Crippen molar-refractivity contribution in [3.63, 3.8) is 0 Å². The smallest absolute Gasteiger partial charge is 0.308 e. The first-order chi connectivity index (χ1) is 18.0. The van der Waals surface area contributed by atoms with Crippen LogP contribution in [0.2, 0.25) is 0 Å². The van der Waals surface area contributed by atoms with Crippen LogP contribution in [0.5, 0.6) is 0 Å². The lowest BCUT2D eigenvalue weighted by Gasteiger charge is -2.31. The van der Waals surface area contributed by atoms with E-state index in [-0.39, 0.29) is 12.1 Å². The predicted molar refractivity (Wildman–Crippen MR) is 146 cm³/mol. The Hall–Kier alpha value is -4.58. The molecule has 0 aliphatic carbocycles. The first-order valence-electron chi connectivity index (χ1n) is 12.5. The SMILES string of the molecule is Cc1ccc(NC(=O)N2Cc3c(C)nn(-c4ccccc4)c3-n3cccc3[C@@H]2c2ccccc2)cc1C. The van der Waals surface area contributed by atoms with Crippen LogP contribution in [0.15, 0.2) is 97.2 Å². The van der Waals surface area contributed by atoms with E-state index in [1.165, 1.54) is 5.56 Å². The van der Waals surface area contributed by atoms with Gasteiger partial charge in [0, 0.05) is 17.4 Å². The second-order valence-corrected chi connectivity index (χ2v) is 9.61. The van der Waals surface area contributed by atoms with Crippen LogP contribution in [0.4, 0.5) is 10.5 Å². The van der Waals surface area contributed by atoms with Crippen LogP contribution in [-0.2, 0) is 6.54 Å². The maximum absolute atomic E-state index is 14.0. The zero-order chi connectivity index (χ0) is 25.5. The standard InChI is InChI=1S/C31H29N5O/c1-21-16-17-25(19-22(21)2)32-31(37)35-20-27-23(3)33-36(26-13-8-5-9-14-26)30(27)34-18-10-15-28(34)29(35)24-11-6-4-7-12-24/h4-19,29H,20H2,1-3H3,(H,32,37)/t29-/m0/s1. The molecule has 37 heavy (non-hydrogen) atoms. The van der Waals surface area contributed by atoms with Gasteiger partial charge in [-0.3, -0.25) is 0 Å². The number of para-hydroxylation sites is 1. The first kappa shape index (κ1) is 22.9. The summed E-state index contributed by atoms with van der Waals surface area (Å²) in [7, 11) is 0. The number of hydrogen-bond acceptors (Lipinski definition) is 2. The van der Waals surface area contributed by atoms with E-state index in [0.29, 0.717) is 6.54 Å². The molecule has 0 saturated heterocycles. The third-order valence-corrected chi connectivity index (χ3v) is 7.22. The molecule has 0 radical (unpaired) electrons. The molecule has 184 valence electrons. The number of anilines is 1. The van der Waals surface area contributed by atoms with Gasteiger partial charge in [0.05, 0.1) is 29.7 Å². The summed E-state index contributed by atoms with van der Waals surface area (Å²) in [5.74, 6) is 0.964. The predicted octanol–water partition coefficient (Wildman–Crippen LogP) is 6.73. The molecule has 6 rings (SSSR count). The van der Waals surface area contributed by atoms with Crippen LogP contribution in [0.1, 0.15) is 39.7 Å². The number of nitrogens with zero attached hydrogens (tertiary/aromatic N) is 4. The third-order valence-electron chi connectivity index (χ3n) is 7.22. The highest BCUT2D eigenvalue weighted by Crippen LogP contribution is 2.38. The molecule has 6 nitrogen and oxygen atoms in total. The number of fused-ring (bicyclic) bond motifs is 3. The minimum atomic E-state index is -0.279. The number of benzene rings is 3. The Morgan fingerprint density at radius 2 is 1.59 bits per heavy atom. The van der Waals surface area contributed by atoms with Crippen LogP contribution >= 0.6 is 0 Å². The van der Waals surface area contributed by atoms with E-state index in [9.17, 15) is 4.79 Å². The van der Waals surface area contributed by atoms with Gasteiger partial charge in [-0.2, -0.15) is 5.10 Å². The number of carbonyl (C=O) groups excluding carboxylic acids is 1. The van der Waals surface area contributed by atoms with Crippen LogP contribution in [0.3, 0.4) is 0 Å². The second kappa shape index (κ2) is 9.13. The quantitative estimate of drug-likeness (QED) is 0.307. The number of aryl methyl sites for hydroxylation is 3. The summed E-state index contributed by atoms with van der Waals surface area (Å²) in [6, 6.07) is 30.1. The van der Waals surface area contributed by atoms with Gasteiger partial charge in [0.2, 0.25) is 0 Å². The number of urea groups is 1. The Morgan fingerprint density at radius 1 is 0.865 bits per heavy atom. The van der Waals surface area contributed by atoms with Crippen LogP contribution in [0.25, 0.3) is 11.5 Å². The monoisotopic (exact) mass is 487 g/mol. The average Bonchev–Trinajstić information content (AvgIpc) is 3.47. The lowest BCUT2D eigenvalue weighted by molar-refractivity contribution is 0.194. The highest BCUT2D eigenvalue weighted by atomic mass is 16.2. The minimum absolute atomic E-state index is 0.149. The number of rotatable bonds is 3. The summed E-state index contributed by atoms with van der Waals surface area (Å²) in [6.45, 7) is 6.57. The summed E-state index contributed by atoms with van der Waals surface area (Å²) < 4.78 is 4.17. The van der Waals surface area contributed by atoms with Gasteiger partial charge in [0.25, 0.3) is 0 Å². The number of carbonyl (C=O) groups is 1. The van der Waals surface area contributed by atoms with Gasteiger partial charge < -0.3 is 14.8 Å². The number of hydrogen-bond donors (Lipinski definition) is 1. The summed E-state index contributed by atoms with van der Waals surface area (Å²) in [5, 5.41) is 8.09. The Bertz CT molecular complexity index is 1580. The van der Waals surface area contributed by atoms with E-state index in [4.69, 9.17) is 5.10 Å². The Kier molecular flexibility index (Phi) is 5.64. The molecule has 6 heteroatoms. The molecule has 3 aromatic carbocycles. The Morgan fingerprint density at radius 3 is 2.32 bits per heavy atom. The first-order valence-corrected chi connectivity index (χ1v) is 12.5. The Balaban J connectivity index is 1.52. The van der Waals surface area contributed by atoms with E-state index in [0.717, 1.165) is 45.3 Å². The van der Waals surface area contributed by atoms with Gasteiger partial charge in [0.15, 0.2) is 0 Å². The zero-order valence-corrected chi connectivity index (χ0v) is 21.2. The van der Waals surface area contributed by atoms with E-state index < -0.39 is 0 Å². The van der Waals surface area contributed by atoms with E-state index in [1.54, 1.807) is 0 Å². The van der Waals surface area contributed by atoms with Crippen molar-refractivity contribution in [1.29, 1.82) is 0 Å². The molecule has 3 heterocycles. The van der Waals surface area contributed by atoms with Gasteiger partial charge in [-0.1, -0.05) is 54.6 Å². The van der Waals surface area contributed by atoms with Gasteiger partial charge in [-0.15, -0.1) is 0 Å². The summed E-state index contributed by atoms with van der Waals surface area (Å²) in [4.78, 5) is 15.9. The van der Waals surface area contributed by atoms with Crippen molar-refractivity contribution >= 4 is 11.7 Å². The second-order valence-electron chi connectivity index (χ2n) is 9.61. The molecule has 1 atom stereocenters. The number of amides is 2. The molecule has 0 fully saturated rings. The molecule has 0 saturated carbocycles. The van der Waals surface area contributed by atoms with Crippen molar-refractivity contribution in [3.05, 3.63) is 131 Å². The molecule has 0 unspecified atom stereocenters. The van der Waals surface area contributed by atoms with Gasteiger partial charge in [0.1, 0.15) is 5.82 Å². The fraction of sp³-hybridized carbons (Fsp3) is 0.161. The molecule has 1 N–H and O–H groups in total. The highest BCUT2D eigenvalue weighted by Gasteiger charge is 2.36. The fourth-order valence-corrected chi connectivity index (χ4v) is 5.15. The normalized spacial score (nSPS) is 14.6. The third kappa shape index (κ3) is 4.00. The number of nitrogens with one attached hydrogen (secondary N) is 1. The van der Waals surface area contributed by atoms with Crippen molar-refractivity contribution in [2.45, 2.75) is 33.4 Å². The maximum Gasteiger partial charge on any atom is 0.322 e. The number of aromatic nitrogens is 3. The average molecular weight is 488 g/mol. The lowest BCUT2D eigenvalue weighted by atomic mass is 10.0. The van der Waals surface area contributed by atoms with E-state index in [2.05, 4.69) is 60.3 Å². The summed E-state index contributed by atoms with van der Waals surface area (Å²) >= 11 is 0. The molecule has 1 aliphatic rings. The van der Waals surface area contributed by atoms with Crippen LogP contribution in [0, 0.1) is 20.8 Å². The zero-order valence-electron chi connectivity index (χ0n) is 21.2. The van der Waals surface area contributed by atoms with Crippen molar-refractivity contribution in [2.75, 3.05) is 5.32 Å².